The standard InChI is InChI=1S/C24H30FNO3/c1-2-29-22-15-17(10-11-21(22)27)23-19-8-5-6-12-24(19,28)13-14-26(23)16-18-7-3-4-9-20(18)25/h3-4,7,9-11,15,19,23,27-28H,2,5-6,8,12-14,16H2,1H3/p+1/t19-,23-,24-/m0/s1. The number of ether oxygens (including phenoxy) is 1. The number of rotatable bonds is 5. The molecule has 3 N–H and O–H groups in total. The van der Waals surface area contributed by atoms with Crippen molar-refractivity contribution < 1.29 is 24.2 Å². The lowest BCUT2D eigenvalue weighted by molar-refractivity contribution is -0.958. The van der Waals surface area contributed by atoms with Gasteiger partial charge in [0.05, 0.1) is 18.8 Å². The first-order valence-corrected chi connectivity index (χ1v) is 10.8. The molecule has 2 aliphatic rings. The van der Waals surface area contributed by atoms with E-state index in [0.717, 1.165) is 44.2 Å². The van der Waals surface area contributed by atoms with Crippen molar-refractivity contribution in [1.82, 2.24) is 0 Å². The highest BCUT2D eigenvalue weighted by molar-refractivity contribution is 5.43. The quantitative estimate of drug-likeness (QED) is 0.721. The van der Waals surface area contributed by atoms with Crippen LogP contribution < -0.4 is 9.64 Å². The van der Waals surface area contributed by atoms with Gasteiger partial charge in [0, 0.05) is 23.5 Å². The van der Waals surface area contributed by atoms with Crippen molar-refractivity contribution >= 4 is 0 Å². The second-order valence-electron chi connectivity index (χ2n) is 8.52. The Bertz CT molecular complexity index is 858. The topological polar surface area (TPSA) is 54.1 Å². The Morgan fingerprint density at radius 3 is 2.79 bits per heavy atom. The summed E-state index contributed by atoms with van der Waals surface area (Å²) in [6.07, 6.45) is 4.70. The summed E-state index contributed by atoms with van der Waals surface area (Å²) in [5.41, 5.74) is 1.09. The Labute approximate surface area is 171 Å². The molecule has 0 bridgehead atoms. The van der Waals surface area contributed by atoms with E-state index in [1.807, 2.05) is 31.2 Å². The minimum Gasteiger partial charge on any atom is -0.504 e. The van der Waals surface area contributed by atoms with E-state index >= 15 is 0 Å². The van der Waals surface area contributed by atoms with Crippen LogP contribution in [0.1, 0.15) is 56.2 Å². The molecule has 4 nitrogen and oxygen atoms in total. The molecule has 1 unspecified atom stereocenters. The predicted molar refractivity (Wildman–Crippen MR) is 109 cm³/mol. The minimum absolute atomic E-state index is 0.0356. The Morgan fingerprint density at radius 2 is 2.00 bits per heavy atom. The molecule has 0 aromatic heterocycles. The first-order chi connectivity index (χ1) is 14.0. The number of fused-ring (bicyclic) bond motifs is 1. The molecule has 1 saturated heterocycles. The Morgan fingerprint density at radius 1 is 1.17 bits per heavy atom. The number of piperidine rings is 1. The van der Waals surface area contributed by atoms with E-state index < -0.39 is 5.60 Å². The predicted octanol–water partition coefficient (Wildman–Crippen LogP) is 3.38. The smallest absolute Gasteiger partial charge is 0.161 e. The van der Waals surface area contributed by atoms with Crippen LogP contribution in [0, 0.1) is 11.7 Å². The molecule has 4 rings (SSSR count). The van der Waals surface area contributed by atoms with E-state index in [2.05, 4.69) is 0 Å². The zero-order valence-corrected chi connectivity index (χ0v) is 17.0. The number of hydrogen-bond acceptors (Lipinski definition) is 3. The van der Waals surface area contributed by atoms with E-state index in [-0.39, 0.29) is 23.5 Å². The molecule has 29 heavy (non-hydrogen) atoms. The lowest BCUT2D eigenvalue weighted by Gasteiger charge is -2.50. The number of quaternary nitrogens is 1. The van der Waals surface area contributed by atoms with E-state index in [0.29, 0.717) is 24.5 Å². The summed E-state index contributed by atoms with van der Waals surface area (Å²) in [6, 6.07) is 12.5. The molecule has 2 aromatic rings. The van der Waals surface area contributed by atoms with Crippen LogP contribution >= 0.6 is 0 Å². The summed E-state index contributed by atoms with van der Waals surface area (Å²) < 4.78 is 20.0. The van der Waals surface area contributed by atoms with Crippen molar-refractivity contribution in [2.75, 3.05) is 13.2 Å². The molecule has 1 saturated carbocycles. The number of benzene rings is 2. The minimum atomic E-state index is -0.661. The molecule has 2 fully saturated rings. The average molecular weight is 401 g/mol. The first-order valence-electron chi connectivity index (χ1n) is 10.8. The van der Waals surface area contributed by atoms with Gasteiger partial charge in [-0.3, -0.25) is 0 Å². The number of likely N-dealkylation sites (tertiary alicyclic amines) is 1. The van der Waals surface area contributed by atoms with Crippen molar-refractivity contribution in [3.63, 3.8) is 0 Å². The number of aliphatic hydroxyl groups is 1. The second-order valence-corrected chi connectivity index (χ2v) is 8.52. The Kier molecular flexibility index (Phi) is 5.79. The molecular formula is C24H31FNO3+. The van der Waals surface area contributed by atoms with Gasteiger partial charge in [0.2, 0.25) is 0 Å². The molecular weight excluding hydrogens is 369 g/mol. The maximum Gasteiger partial charge on any atom is 0.161 e. The lowest BCUT2D eigenvalue weighted by atomic mass is 9.66. The van der Waals surface area contributed by atoms with Crippen LogP contribution in [0.2, 0.25) is 0 Å². The van der Waals surface area contributed by atoms with Gasteiger partial charge in [0.1, 0.15) is 18.4 Å². The number of hydrogen-bond donors (Lipinski definition) is 3. The van der Waals surface area contributed by atoms with Gasteiger partial charge in [-0.1, -0.05) is 31.0 Å². The van der Waals surface area contributed by atoms with Gasteiger partial charge in [0.15, 0.2) is 11.5 Å². The molecule has 0 radical (unpaired) electrons. The largest absolute Gasteiger partial charge is 0.504 e. The Hall–Kier alpha value is -2.11. The maximum absolute atomic E-state index is 14.4. The third-order valence-corrected chi connectivity index (χ3v) is 6.80. The molecule has 4 atom stereocenters. The summed E-state index contributed by atoms with van der Waals surface area (Å²) in [5.74, 6) is 0.538. The molecule has 2 aromatic carbocycles. The Balaban J connectivity index is 1.72. The highest BCUT2D eigenvalue weighted by atomic mass is 19.1. The number of phenolic OH excluding ortho intramolecular Hbond substituents is 1. The van der Waals surface area contributed by atoms with Gasteiger partial charge in [0.25, 0.3) is 0 Å². The molecule has 0 amide bonds. The van der Waals surface area contributed by atoms with Crippen molar-refractivity contribution in [2.24, 2.45) is 5.92 Å². The molecule has 1 heterocycles. The van der Waals surface area contributed by atoms with Crippen molar-refractivity contribution in [3.05, 3.63) is 59.4 Å². The molecule has 1 aliphatic heterocycles. The second kappa shape index (κ2) is 8.33. The normalized spacial score (nSPS) is 29.3. The molecule has 0 spiro atoms. The highest BCUT2D eigenvalue weighted by Crippen LogP contribution is 2.45. The van der Waals surface area contributed by atoms with Crippen LogP contribution in [-0.2, 0) is 6.54 Å². The van der Waals surface area contributed by atoms with Crippen LogP contribution in [0.3, 0.4) is 0 Å². The van der Waals surface area contributed by atoms with Crippen LogP contribution in [0.25, 0.3) is 0 Å². The van der Waals surface area contributed by atoms with Gasteiger partial charge in [-0.05, 0) is 44.0 Å². The van der Waals surface area contributed by atoms with Crippen LogP contribution in [0.4, 0.5) is 4.39 Å². The van der Waals surface area contributed by atoms with Crippen LogP contribution in [0.15, 0.2) is 42.5 Å². The van der Waals surface area contributed by atoms with Crippen LogP contribution in [-0.4, -0.2) is 29.0 Å². The van der Waals surface area contributed by atoms with E-state index in [9.17, 15) is 14.6 Å². The van der Waals surface area contributed by atoms with Gasteiger partial charge >= 0.3 is 0 Å². The number of aromatic hydroxyl groups is 1. The third-order valence-electron chi connectivity index (χ3n) is 6.80. The summed E-state index contributed by atoms with van der Waals surface area (Å²) in [6.45, 7) is 3.73. The molecule has 1 aliphatic carbocycles. The van der Waals surface area contributed by atoms with E-state index in [4.69, 9.17) is 4.74 Å². The molecule has 156 valence electrons. The van der Waals surface area contributed by atoms with Crippen LogP contribution in [0.5, 0.6) is 11.5 Å². The summed E-state index contributed by atoms with van der Waals surface area (Å²) in [5, 5.41) is 21.6. The lowest BCUT2D eigenvalue weighted by Crippen LogP contribution is -3.13. The molecule has 5 heteroatoms. The number of phenols is 1. The SMILES string of the molecule is CCOc1cc([C@H]2[C@@H]3CCCC[C@]3(O)CC[NH+]2Cc2ccccc2F)ccc1O. The van der Waals surface area contributed by atoms with Gasteiger partial charge < -0.3 is 19.8 Å². The average Bonchev–Trinajstić information content (AvgIpc) is 2.71. The van der Waals surface area contributed by atoms with Gasteiger partial charge in [-0.2, -0.15) is 0 Å². The fourth-order valence-corrected chi connectivity index (χ4v) is 5.40. The summed E-state index contributed by atoms with van der Waals surface area (Å²) in [4.78, 5) is 1.26. The van der Waals surface area contributed by atoms with E-state index in [1.54, 1.807) is 12.1 Å². The number of halogens is 1. The summed E-state index contributed by atoms with van der Waals surface area (Å²) in [7, 11) is 0. The maximum atomic E-state index is 14.4. The van der Waals surface area contributed by atoms with E-state index in [1.165, 1.54) is 11.0 Å². The monoisotopic (exact) mass is 400 g/mol. The zero-order valence-electron chi connectivity index (χ0n) is 17.0. The first kappa shape index (κ1) is 20.2. The fraction of sp³-hybridized carbons (Fsp3) is 0.500. The zero-order chi connectivity index (χ0) is 20.4. The van der Waals surface area contributed by atoms with Crippen molar-refractivity contribution in [2.45, 2.75) is 57.2 Å². The third kappa shape index (κ3) is 3.99. The van der Waals surface area contributed by atoms with Crippen molar-refractivity contribution in [1.29, 1.82) is 0 Å². The van der Waals surface area contributed by atoms with Crippen molar-refractivity contribution in [3.8, 4) is 11.5 Å². The fourth-order valence-electron chi connectivity index (χ4n) is 5.40. The summed E-state index contributed by atoms with van der Waals surface area (Å²) >= 11 is 0. The number of nitrogens with one attached hydrogen (secondary N) is 1. The highest BCUT2D eigenvalue weighted by Gasteiger charge is 2.51. The van der Waals surface area contributed by atoms with Gasteiger partial charge in [-0.25, -0.2) is 4.39 Å². The van der Waals surface area contributed by atoms with Gasteiger partial charge in [-0.15, -0.1) is 0 Å².